The highest BCUT2D eigenvalue weighted by atomic mass is 16.5. The van der Waals surface area contributed by atoms with Crippen molar-refractivity contribution in [1.29, 1.82) is 0 Å². The number of hydrogen-bond donors (Lipinski definition) is 0. The van der Waals surface area contributed by atoms with E-state index in [4.69, 9.17) is 9.47 Å². The van der Waals surface area contributed by atoms with Gasteiger partial charge >= 0.3 is 0 Å². The molecule has 0 spiro atoms. The molecular formula is C23H26N2O4. The second-order valence-electron chi connectivity index (χ2n) is 7.14. The number of carbonyl (C=O) groups is 2. The van der Waals surface area contributed by atoms with Crippen LogP contribution in [-0.4, -0.2) is 56.5 Å². The predicted molar refractivity (Wildman–Crippen MR) is 112 cm³/mol. The van der Waals surface area contributed by atoms with E-state index in [1.807, 2.05) is 29.2 Å². The van der Waals surface area contributed by atoms with Crippen molar-refractivity contribution in [3.63, 3.8) is 0 Å². The third kappa shape index (κ3) is 4.59. The number of hydrogen-bond acceptors (Lipinski definition) is 4. The quantitative estimate of drug-likeness (QED) is 0.732. The largest absolute Gasteiger partial charge is 0.493 e. The number of amides is 2. The van der Waals surface area contributed by atoms with E-state index in [2.05, 4.69) is 0 Å². The summed E-state index contributed by atoms with van der Waals surface area (Å²) in [6.45, 7) is 1.19. The van der Waals surface area contributed by atoms with Crippen LogP contribution in [0, 0.1) is 0 Å². The van der Waals surface area contributed by atoms with E-state index in [1.54, 1.807) is 52.6 Å². The fourth-order valence-electron chi connectivity index (χ4n) is 3.34. The van der Waals surface area contributed by atoms with E-state index in [-0.39, 0.29) is 11.8 Å². The van der Waals surface area contributed by atoms with Gasteiger partial charge in [-0.1, -0.05) is 12.1 Å². The molecule has 0 saturated heterocycles. The summed E-state index contributed by atoms with van der Waals surface area (Å²) in [4.78, 5) is 27.9. The summed E-state index contributed by atoms with van der Waals surface area (Å²) in [5, 5.41) is 0. The molecule has 0 saturated carbocycles. The van der Waals surface area contributed by atoms with Gasteiger partial charge in [-0.15, -0.1) is 0 Å². The first-order valence-corrected chi connectivity index (χ1v) is 9.45. The molecule has 0 atom stereocenters. The Hall–Kier alpha value is -3.28. The number of fused-ring (bicyclic) bond motifs is 1. The second kappa shape index (κ2) is 8.82. The van der Waals surface area contributed by atoms with Crippen LogP contribution in [0.15, 0.2) is 42.5 Å². The predicted octanol–water partition coefficient (Wildman–Crippen LogP) is 3.00. The average molecular weight is 394 g/mol. The summed E-state index contributed by atoms with van der Waals surface area (Å²) in [6.07, 6.45) is 4.13. The zero-order valence-electron chi connectivity index (χ0n) is 17.3. The van der Waals surface area contributed by atoms with Crippen LogP contribution in [0.5, 0.6) is 11.5 Å². The summed E-state index contributed by atoms with van der Waals surface area (Å²) >= 11 is 0. The van der Waals surface area contributed by atoms with Crippen molar-refractivity contribution in [3.05, 3.63) is 64.7 Å². The fourth-order valence-corrected chi connectivity index (χ4v) is 3.34. The number of ether oxygens (including phenoxy) is 2. The third-order valence-electron chi connectivity index (χ3n) is 5.01. The van der Waals surface area contributed by atoms with E-state index >= 15 is 0 Å². The first kappa shape index (κ1) is 20.5. The van der Waals surface area contributed by atoms with Gasteiger partial charge in [-0.3, -0.25) is 9.59 Å². The van der Waals surface area contributed by atoms with Gasteiger partial charge in [-0.2, -0.15) is 0 Å². The molecule has 0 N–H and O–H groups in total. The van der Waals surface area contributed by atoms with E-state index in [0.29, 0.717) is 30.2 Å². The number of methoxy groups -OCH3 is 2. The van der Waals surface area contributed by atoms with Gasteiger partial charge in [0, 0.05) is 38.8 Å². The highest BCUT2D eigenvalue weighted by Gasteiger charge is 2.21. The van der Waals surface area contributed by atoms with Crippen molar-refractivity contribution in [2.45, 2.75) is 13.0 Å². The van der Waals surface area contributed by atoms with E-state index in [1.165, 1.54) is 10.5 Å². The number of nitrogens with zero attached hydrogens (tertiary/aromatic N) is 2. The Balaban J connectivity index is 1.68. The zero-order valence-corrected chi connectivity index (χ0v) is 17.3. The van der Waals surface area contributed by atoms with Gasteiger partial charge in [0.25, 0.3) is 5.91 Å². The van der Waals surface area contributed by atoms with Crippen LogP contribution in [0.2, 0.25) is 0 Å². The van der Waals surface area contributed by atoms with Crippen LogP contribution < -0.4 is 9.47 Å². The molecule has 0 unspecified atom stereocenters. The summed E-state index contributed by atoms with van der Waals surface area (Å²) < 4.78 is 10.7. The van der Waals surface area contributed by atoms with Crippen LogP contribution in [0.25, 0.3) is 6.08 Å². The molecule has 2 aromatic carbocycles. The van der Waals surface area contributed by atoms with Crippen molar-refractivity contribution >= 4 is 17.9 Å². The summed E-state index contributed by atoms with van der Waals surface area (Å²) in [5.41, 5.74) is 3.74. The molecule has 0 fully saturated rings. The lowest BCUT2D eigenvalue weighted by molar-refractivity contribution is -0.126. The molecule has 0 radical (unpaired) electrons. The Morgan fingerprint density at radius 1 is 1.00 bits per heavy atom. The minimum absolute atomic E-state index is 0.0427. The standard InChI is InChI=1S/C23H26N2O4/c1-24(2)23(27)17-8-5-16(6-9-17)7-10-22(26)25-12-11-18-13-20(28-3)21(29-4)14-19(18)15-25/h5-10,13-14H,11-12,15H2,1-4H3/b10-7+. The van der Waals surface area contributed by atoms with Crippen LogP contribution in [-0.2, 0) is 17.8 Å². The van der Waals surface area contributed by atoms with Crippen LogP contribution in [0.4, 0.5) is 0 Å². The monoisotopic (exact) mass is 394 g/mol. The number of rotatable bonds is 5. The Kier molecular flexibility index (Phi) is 6.22. The Morgan fingerprint density at radius 2 is 1.62 bits per heavy atom. The van der Waals surface area contributed by atoms with Crippen molar-refractivity contribution < 1.29 is 19.1 Å². The Morgan fingerprint density at radius 3 is 2.21 bits per heavy atom. The normalized spacial score (nSPS) is 13.2. The Bertz CT molecular complexity index is 933. The highest BCUT2D eigenvalue weighted by Crippen LogP contribution is 2.33. The van der Waals surface area contributed by atoms with Gasteiger partial charge in [0.15, 0.2) is 11.5 Å². The molecule has 0 aromatic heterocycles. The molecule has 29 heavy (non-hydrogen) atoms. The van der Waals surface area contributed by atoms with Crippen molar-refractivity contribution in [1.82, 2.24) is 9.80 Å². The summed E-state index contributed by atoms with van der Waals surface area (Å²) in [6, 6.07) is 11.1. The molecule has 1 aliphatic heterocycles. The maximum Gasteiger partial charge on any atom is 0.253 e. The van der Waals surface area contributed by atoms with Gasteiger partial charge in [-0.05, 0) is 53.5 Å². The van der Waals surface area contributed by atoms with E-state index in [9.17, 15) is 9.59 Å². The van der Waals surface area contributed by atoms with Crippen molar-refractivity contribution in [2.75, 3.05) is 34.9 Å². The lowest BCUT2D eigenvalue weighted by Crippen LogP contribution is -2.34. The van der Waals surface area contributed by atoms with E-state index < -0.39 is 0 Å². The highest BCUT2D eigenvalue weighted by molar-refractivity contribution is 5.94. The molecule has 0 aliphatic carbocycles. The van der Waals surface area contributed by atoms with Crippen LogP contribution in [0.3, 0.4) is 0 Å². The molecule has 152 valence electrons. The first-order chi connectivity index (χ1) is 13.9. The fraction of sp³-hybridized carbons (Fsp3) is 0.304. The van der Waals surface area contributed by atoms with Gasteiger partial charge in [0.2, 0.25) is 5.91 Å². The molecular weight excluding hydrogens is 368 g/mol. The lowest BCUT2D eigenvalue weighted by Gasteiger charge is -2.28. The van der Waals surface area contributed by atoms with Crippen LogP contribution in [0.1, 0.15) is 27.0 Å². The van der Waals surface area contributed by atoms with Crippen molar-refractivity contribution in [2.24, 2.45) is 0 Å². The summed E-state index contributed by atoms with van der Waals surface area (Å²) in [5.74, 6) is 1.29. The minimum Gasteiger partial charge on any atom is -0.493 e. The SMILES string of the molecule is COc1cc2c(cc1OC)CN(C(=O)/C=C/c1ccc(C(=O)N(C)C)cc1)CC2. The molecule has 0 bridgehead atoms. The molecule has 1 aliphatic rings. The molecule has 2 aromatic rings. The third-order valence-corrected chi connectivity index (χ3v) is 5.01. The Labute approximate surface area is 171 Å². The second-order valence-corrected chi connectivity index (χ2v) is 7.14. The molecule has 6 heteroatoms. The molecule has 3 rings (SSSR count). The average Bonchev–Trinajstić information content (AvgIpc) is 2.75. The van der Waals surface area contributed by atoms with Gasteiger partial charge in [-0.25, -0.2) is 0 Å². The van der Waals surface area contributed by atoms with Crippen LogP contribution >= 0.6 is 0 Å². The van der Waals surface area contributed by atoms with Crippen molar-refractivity contribution in [3.8, 4) is 11.5 Å². The lowest BCUT2D eigenvalue weighted by atomic mass is 9.98. The molecule has 2 amide bonds. The zero-order chi connectivity index (χ0) is 21.0. The molecule has 6 nitrogen and oxygen atoms in total. The van der Waals surface area contributed by atoms with Gasteiger partial charge < -0.3 is 19.3 Å². The minimum atomic E-state index is -0.0457. The topological polar surface area (TPSA) is 59.1 Å². The van der Waals surface area contributed by atoms with E-state index in [0.717, 1.165) is 17.5 Å². The number of benzene rings is 2. The number of carbonyl (C=O) groups excluding carboxylic acids is 2. The van der Waals surface area contributed by atoms with Gasteiger partial charge in [0.05, 0.1) is 14.2 Å². The van der Waals surface area contributed by atoms with Gasteiger partial charge in [0.1, 0.15) is 0 Å². The summed E-state index contributed by atoms with van der Waals surface area (Å²) in [7, 11) is 6.67. The molecule has 1 heterocycles. The maximum absolute atomic E-state index is 12.6. The maximum atomic E-state index is 12.6. The smallest absolute Gasteiger partial charge is 0.253 e. The first-order valence-electron chi connectivity index (χ1n) is 9.45.